The van der Waals surface area contributed by atoms with Crippen molar-refractivity contribution >= 4 is 27.3 Å². The molecule has 0 bridgehead atoms. The lowest BCUT2D eigenvalue weighted by Crippen LogP contribution is -2.40. The normalized spacial score (nSPS) is 11.9. The molecule has 0 spiro atoms. The Bertz CT molecular complexity index is 977. The van der Waals surface area contributed by atoms with Gasteiger partial charge >= 0.3 is 0 Å². The maximum absolute atomic E-state index is 12.4. The Balaban J connectivity index is 2.24. The largest absolute Gasteiger partial charge is 0.322 e. The number of benzene rings is 2. The number of amides is 1. The minimum absolute atomic E-state index is 0.0527. The van der Waals surface area contributed by atoms with Crippen LogP contribution in [0.3, 0.4) is 0 Å². The van der Waals surface area contributed by atoms with E-state index in [4.69, 9.17) is 0 Å². The summed E-state index contributed by atoms with van der Waals surface area (Å²) in [6, 6.07) is 10.0. The molecule has 0 unspecified atom stereocenters. The van der Waals surface area contributed by atoms with Crippen LogP contribution >= 0.6 is 0 Å². The quantitative estimate of drug-likeness (QED) is 0.599. The fourth-order valence-corrected chi connectivity index (χ4v) is 3.88. The van der Waals surface area contributed by atoms with Crippen molar-refractivity contribution in [3.05, 3.63) is 63.7 Å². The van der Waals surface area contributed by atoms with Gasteiger partial charge in [0, 0.05) is 16.8 Å². The summed E-state index contributed by atoms with van der Waals surface area (Å²) in [6.07, 6.45) is 0. The molecule has 0 aliphatic carbocycles. The Morgan fingerprint density at radius 3 is 2.19 bits per heavy atom. The number of carbonyl (C=O) groups is 1. The molecular weight excluding hydrogens is 370 g/mol. The molecule has 1 amide bonds. The summed E-state index contributed by atoms with van der Waals surface area (Å²) in [5.74, 6) is -0.645. The highest BCUT2D eigenvalue weighted by Gasteiger charge is 2.24. The number of hydrogen-bond acceptors (Lipinski definition) is 5. The van der Waals surface area contributed by atoms with Crippen LogP contribution in [0.2, 0.25) is 0 Å². The van der Waals surface area contributed by atoms with E-state index in [2.05, 4.69) is 10.0 Å². The van der Waals surface area contributed by atoms with Gasteiger partial charge in [-0.1, -0.05) is 12.1 Å². The van der Waals surface area contributed by atoms with Gasteiger partial charge in [0.05, 0.1) is 9.82 Å². The van der Waals surface area contributed by atoms with Gasteiger partial charge in [-0.2, -0.15) is 0 Å². The van der Waals surface area contributed by atoms with E-state index in [1.54, 1.807) is 39.8 Å². The van der Waals surface area contributed by atoms with E-state index < -0.39 is 26.4 Å². The summed E-state index contributed by atoms with van der Waals surface area (Å²) >= 11 is 0. The van der Waals surface area contributed by atoms with Crippen molar-refractivity contribution < 1.29 is 18.1 Å². The number of para-hydroxylation sites is 1. The second-order valence-electron chi connectivity index (χ2n) is 7.06. The smallest absolute Gasteiger partial charge is 0.285 e. The average molecular weight is 391 g/mol. The number of nitrogens with one attached hydrogen (secondary N) is 2. The van der Waals surface area contributed by atoms with E-state index in [9.17, 15) is 23.3 Å². The molecule has 0 aliphatic rings. The Hall–Kier alpha value is -2.78. The van der Waals surface area contributed by atoms with Crippen molar-refractivity contribution in [3.8, 4) is 0 Å². The van der Waals surface area contributed by atoms with Crippen LogP contribution in [-0.4, -0.2) is 24.8 Å². The van der Waals surface area contributed by atoms with Crippen molar-refractivity contribution in [2.75, 3.05) is 5.32 Å². The van der Waals surface area contributed by atoms with Crippen molar-refractivity contribution in [1.82, 2.24) is 4.72 Å². The molecule has 0 saturated carbocycles. The number of aryl methyl sites for hydroxylation is 1. The van der Waals surface area contributed by atoms with E-state index >= 15 is 0 Å². The molecule has 9 heteroatoms. The molecule has 0 atom stereocenters. The molecule has 2 rings (SSSR count). The van der Waals surface area contributed by atoms with Crippen LogP contribution in [0.25, 0.3) is 0 Å². The van der Waals surface area contributed by atoms with Crippen molar-refractivity contribution in [2.45, 2.75) is 38.1 Å². The summed E-state index contributed by atoms with van der Waals surface area (Å²) in [5, 5.41) is 13.8. The molecule has 0 aliphatic heterocycles. The van der Waals surface area contributed by atoms with Gasteiger partial charge < -0.3 is 5.32 Å². The molecule has 0 fully saturated rings. The van der Waals surface area contributed by atoms with Gasteiger partial charge in [0.25, 0.3) is 11.6 Å². The number of carbonyl (C=O) groups excluding carboxylic acids is 1. The van der Waals surface area contributed by atoms with Crippen LogP contribution in [0.15, 0.2) is 47.4 Å². The van der Waals surface area contributed by atoms with Gasteiger partial charge in [-0.15, -0.1) is 0 Å². The third kappa shape index (κ3) is 5.11. The molecule has 0 saturated heterocycles. The molecule has 27 heavy (non-hydrogen) atoms. The van der Waals surface area contributed by atoms with Gasteiger partial charge in [-0.3, -0.25) is 14.9 Å². The number of hydrogen-bond donors (Lipinski definition) is 2. The molecule has 2 aromatic carbocycles. The molecule has 0 radical (unpaired) electrons. The SMILES string of the molecule is Cc1cccc(C(=O)Nc2ccc(S(=O)(=O)NC(C)(C)C)cc2)c1[N+](=O)[O-]. The minimum Gasteiger partial charge on any atom is -0.322 e. The Kier molecular flexibility index (Phi) is 5.67. The maximum Gasteiger partial charge on any atom is 0.285 e. The van der Waals surface area contributed by atoms with Gasteiger partial charge in [-0.05, 0) is 58.0 Å². The lowest BCUT2D eigenvalue weighted by molar-refractivity contribution is -0.385. The number of sulfonamides is 1. The highest BCUT2D eigenvalue weighted by atomic mass is 32.2. The van der Waals surface area contributed by atoms with Crippen LogP contribution in [0.4, 0.5) is 11.4 Å². The third-order valence-electron chi connectivity index (χ3n) is 3.53. The topological polar surface area (TPSA) is 118 Å². The number of nitro groups is 1. The van der Waals surface area contributed by atoms with Crippen molar-refractivity contribution in [2.24, 2.45) is 0 Å². The summed E-state index contributed by atoms with van der Waals surface area (Å²) in [7, 11) is -3.69. The highest BCUT2D eigenvalue weighted by Crippen LogP contribution is 2.24. The average Bonchev–Trinajstić information content (AvgIpc) is 2.52. The third-order valence-corrected chi connectivity index (χ3v) is 5.30. The van der Waals surface area contributed by atoms with Crippen LogP contribution in [-0.2, 0) is 10.0 Å². The van der Waals surface area contributed by atoms with Crippen molar-refractivity contribution in [1.29, 1.82) is 0 Å². The van der Waals surface area contributed by atoms with Gasteiger partial charge in [-0.25, -0.2) is 13.1 Å². The van der Waals surface area contributed by atoms with E-state index in [-0.39, 0.29) is 16.1 Å². The Morgan fingerprint density at radius 1 is 1.07 bits per heavy atom. The minimum atomic E-state index is -3.69. The summed E-state index contributed by atoms with van der Waals surface area (Å²) in [5.41, 5.74) is -0.252. The molecular formula is C18H21N3O5S. The van der Waals surface area contributed by atoms with E-state index in [0.29, 0.717) is 11.3 Å². The molecule has 2 aromatic rings. The Morgan fingerprint density at radius 2 is 1.67 bits per heavy atom. The highest BCUT2D eigenvalue weighted by molar-refractivity contribution is 7.89. The summed E-state index contributed by atoms with van der Waals surface area (Å²) < 4.78 is 27.1. The number of nitro benzene ring substituents is 1. The molecule has 144 valence electrons. The second kappa shape index (κ2) is 7.45. The predicted molar refractivity (Wildman–Crippen MR) is 102 cm³/mol. The van der Waals surface area contributed by atoms with Crippen LogP contribution in [0.5, 0.6) is 0 Å². The molecule has 2 N–H and O–H groups in total. The fraction of sp³-hybridized carbons (Fsp3) is 0.278. The van der Waals surface area contributed by atoms with E-state index in [1.807, 2.05) is 0 Å². The van der Waals surface area contributed by atoms with Gasteiger partial charge in [0.1, 0.15) is 5.56 Å². The second-order valence-corrected chi connectivity index (χ2v) is 8.74. The van der Waals surface area contributed by atoms with Gasteiger partial charge in [0.2, 0.25) is 10.0 Å². The standard InChI is InChI=1S/C18H21N3O5S/c1-12-6-5-7-15(16(12)21(23)24)17(22)19-13-8-10-14(11-9-13)27(25,26)20-18(2,3)4/h5-11,20H,1-4H3,(H,19,22). The fourth-order valence-electron chi connectivity index (χ4n) is 2.46. The molecule has 0 heterocycles. The zero-order valence-electron chi connectivity index (χ0n) is 15.4. The van der Waals surface area contributed by atoms with Crippen LogP contribution in [0, 0.1) is 17.0 Å². The summed E-state index contributed by atoms with van der Waals surface area (Å²) in [4.78, 5) is 23.1. The molecule has 0 aromatic heterocycles. The maximum atomic E-state index is 12.4. The first-order valence-electron chi connectivity index (χ1n) is 8.10. The number of anilines is 1. The lowest BCUT2D eigenvalue weighted by atomic mass is 10.1. The summed E-state index contributed by atoms with van der Waals surface area (Å²) in [6.45, 7) is 6.74. The number of rotatable bonds is 5. The van der Waals surface area contributed by atoms with E-state index in [1.165, 1.54) is 30.3 Å². The predicted octanol–water partition coefficient (Wildman–Crippen LogP) is 3.23. The van der Waals surface area contributed by atoms with Crippen LogP contribution < -0.4 is 10.0 Å². The first kappa shape index (κ1) is 20.5. The van der Waals surface area contributed by atoms with E-state index in [0.717, 1.165) is 0 Å². The van der Waals surface area contributed by atoms with Crippen molar-refractivity contribution in [3.63, 3.8) is 0 Å². The Labute approximate surface area is 157 Å². The first-order chi connectivity index (χ1) is 12.4. The van der Waals surface area contributed by atoms with Crippen LogP contribution in [0.1, 0.15) is 36.7 Å². The first-order valence-corrected chi connectivity index (χ1v) is 9.58. The zero-order valence-corrected chi connectivity index (χ0v) is 16.3. The zero-order chi connectivity index (χ0) is 20.4. The number of nitrogens with zero attached hydrogens (tertiary/aromatic N) is 1. The lowest BCUT2D eigenvalue weighted by Gasteiger charge is -2.20. The van der Waals surface area contributed by atoms with Gasteiger partial charge in [0.15, 0.2) is 0 Å². The monoisotopic (exact) mass is 391 g/mol. The molecule has 8 nitrogen and oxygen atoms in total.